The van der Waals surface area contributed by atoms with Gasteiger partial charge >= 0.3 is 0 Å². The van der Waals surface area contributed by atoms with E-state index in [2.05, 4.69) is 0 Å². The van der Waals surface area contributed by atoms with Gasteiger partial charge in [0.15, 0.2) is 0 Å². The first-order valence-corrected chi connectivity index (χ1v) is 4.14. The van der Waals surface area contributed by atoms with Crippen LogP contribution in [0.5, 0.6) is 0 Å². The van der Waals surface area contributed by atoms with Gasteiger partial charge in [-0.05, 0) is 6.92 Å². The summed E-state index contributed by atoms with van der Waals surface area (Å²) < 4.78 is 30.6. The lowest BCUT2D eigenvalue weighted by Gasteiger charge is -2.24. The molecule has 1 atom stereocenters. The molecule has 0 spiro atoms. The monoisotopic (exact) mass is 190 g/mol. The Hall–Kier alpha value is -0.730. The fourth-order valence-electron chi connectivity index (χ4n) is 1.24. The normalized spacial score (nSPS) is 26.0. The molecule has 1 heterocycles. The van der Waals surface area contributed by atoms with E-state index in [0.717, 1.165) is 0 Å². The van der Waals surface area contributed by atoms with Crippen molar-refractivity contribution in [1.82, 2.24) is 4.90 Å². The number of halogens is 2. The number of rotatable bonds is 1. The number of nitriles is 1. The van der Waals surface area contributed by atoms with Crippen molar-refractivity contribution in [1.29, 1.82) is 5.26 Å². The number of nitrogens with zero attached hydrogens (tertiary/aromatic N) is 2. The summed E-state index contributed by atoms with van der Waals surface area (Å²) in [4.78, 5) is 1.44. The van der Waals surface area contributed by atoms with Crippen LogP contribution in [0.25, 0.3) is 0 Å². The Balaban J connectivity index is 2.60. The van der Waals surface area contributed by atoms with Crippen molar-refractivity contribution in [2.24, 2.45) is 0 Å². The molecule has 1 aliphatic heterocycles. The number of ether oxygens (including phenoxy) is 1. The van der Waals surface area contributed by atoms with Crippen molar-refractivity contribution in [3.05, 3.63) is 0 Å². The Morgan fingerprint density at radius 1 is 1.62 bits per heavy atom. The lowest BCUT2D eigenvalue weighted by molar-refractivity contribution is -0.0696. The lowest BCUT2D eigenvalue weighted by atomic mass is 10.2. The van der Waals surface area contributed by atoms with Crippen LogP contribution in [0.1, 0.15) is 6.92 Å². The van der Waals surface area contributed by atoms with E-state index in [-0.39, 0.29) is 13.2 Å². The summed E-state index contributed by atoms with van der Waals surface area (Å²) in [6.45, 7) is 1.34. The molecule has 1 saturated heterocycles. The third-order valence-corrected chi connectivity index (χ3v) is 2.01. The van der Waals surface area contributed by atoms with Crippen LogP contribution in [-0.4, -0.2) is 43.2 Å². The van der Waals surface area contributed by atoms with E-state index in [0.29, 0.717) is 6.54 Å². The molecule has 0 radical (unpaired) electrons. The topological polar surface area (TPSA) is 36.3 Å². The molecular weight excluding hydrogens is 178 g/mol. The van der Waals surface area contributed by atoms with E-state index in [1.807, 2.05) is 6.07 Å². The minimum Gasteiger partial charge on any atom is -0.374 e. The van der Waals surface area contributed by atoms with Gasteiger partial charge in [0, 0.05) is 6.54 Å². The van der Waals surface area contributed by atoms with Crippen molar-refractivity contribution in [2.75, 3.05) is 26.3 Å². The summed E-state index contributed by atoms with van der Waals surface area (Å²) in [7, 11) is 0. The molecule has 1 rings (SSSR count). The number of alkyl halides is 2. The third kappa shape index (κ3) is 2.90. The van der Waals surface area contributed by atoms with Gasteiger partial charge in [-0.25, -0.2) is 8.78 Å². The molecule has 0 bridgehead atoms. The van der Waals surface area contributed by atoms with Gasteiger partial charge in [-0.15, -0.1) is 0 Å². The van der Waals surface area contributed by atoms with Gasteiger partial charge in [0.25, 0.3) is 5.92 Å². The zero-order valence-electron chi connectivity index (χ0n) is 7.46. The molecule has 0 aromatic carbocycles. The Bertz CT molecular complexity index is 215. The highest BCUT2D eigenvalue weighted by atomic mass is 19.3. The van der Waals surface area contributed by atoms with Gasteiger partial charge in [0.1, 0.15) is 6.61 Å². The Labute approximate surface area is 75.9 Å². The summed E-state index contributed by atoms with van der Waals surface area (Å²) in [5.74, 6) is -2.83. The van der Waals surface area contributed by atoms with E-state index in [9.17, 15) is 8.78 Å². The standard InChI is InChI=1S/C8H12F2N2O/c1-7(4-11)12-2-3-13-6-8(9,10)5-12/h7H,2-3,5-6H2,1H3. The third-order valence-electron chi connectivity index (χ3n) is 2.01. The highest BCUT2D eigenvalue weighted by Crippen LogP contribution is 2.19. The molecule has 0 aromatic rings. The summed E-state index contributed by atoms with van der Waals surface area (Å²) in [6, 6.07) is 1.46. The second-order valence-corrected chi connectivity index (χ2v) is 3.18. The van der Waals surface area contributed by atoms with Crippen LogP contribution >= 0.6 is 0 Å². The van der Waals surface area contributed by atoms with E-state index in [4.69, 9.17) is 10.00 Å². The highest BCUT2D eigenvalue weighted by Gasteiger charge is 2.35. The fourth-order valence-corrected chi connectivity index (χ4v) is 1.24. The quantitative estimate of drug-likeness (QED) is 0.615. The SMILES string of the molecule is CC(C#N)N1CCOCC(F)(F)C1. The minimum atomic E-state index is -2.83. The van der Waals surface area contributed by atoms with Crippen LogP contribution in [0.4, 0.5) is 8.78 Å². The molecule has 13 heavy (non-hydrogen) atoms. The Morgan fingerprint density at radius 2 is 2.31 bits per heavy atom. The number of hydrogen-bond donors (Lipinski definition) is 0. The van der Waals surface area contributed by atoms with Crippen LogP contribution in [0.15, 0.2) is 0 Å². The van der Waals surface area contributed by atoms with Gasteiger partial charge < -0.3 is 4.74 Å². The molecule has 0 aromatic heterocycles. The van der Waals surface area contributed by atoms with Gasteiger partial charge in [-0.2, -0.15) is 5.26 Å². The van der Waals surface area contributed by atoms with Crippen molar-refractivity contribution < 1.29 is 13.5 Å². The summed E-state index contributed by atoms with van der Waals surface area (Å²) in [5.41, 5.74) is 0. The smallest absolute Gasteiger partial charge is 0.283 e. The predicted octanol–water partition coefficient (Wildman–Crippen LogP) is 0.866. The van der Waals surface area contributed by atoms with Crippen LogP contribution in [0, 0.1) is 11.3 Å². The summed E-state index contributed by atoms with van der Waals surface area (Å²) in [6.07, 6.45) is 0. The average molecular weight is 190 g/mol. The summed E-state index contributed by atoms with van der Waals surface area (Å²) in [5, 5.41) is 8.57. The molecule has 3 nitrogen and oxygen atoms in total. The molecular formula is C8H12F2N2O. The zero-order valence-corrected chi connectivity index (χ0v) is 7.46. The van der Waals surface area contributed by atoms with E-state index < -0.39 is 18.6 Å². The van der Waals surface area contributed by atoms with E-state index in [1.165, 1.54) is 4.90 Å². The summed E-state index contributed by atoms with van der Waals surface area (Å²) >= 11 is 0. The molecule has 1 unspecified atom stereocenters. The van der Waals surface area contributed by atoms with Gasteiger partial charge in [0.05, 0.1) is 25.3 Å². The van der Waals surface area contributed by atoms with Gasteiger partial charge in [-0.1, -0.05) is 0 Å². The second-order valence-electron chi connectivity index (χ2n) is 3.18. The maximum atomic E-state index is 12.9. The van der Waals surface area contributed by atoms with Crippen LogP contribution in [-0.2, 0) is 4.74 Å². The van der Waals surface area contributed by atoms with E-state index in [1.54, 1.807) is 6.92 Å². The zero-order chi connectivity index (χ0) is 9.90. The van der Waals surface area contributed by atoms with Crippen molar-refractivity contribution >= 4 is 0 Å². The Kier molecular flexibility index (Phi) is 3.17. The van der Waals surface area contributed by atoms with Crippen LogP contribution in [0.3, 0.4) is 0 Å². The second kappa shape index (κ2) is 3.99. The first-order chi connectivity index (χ1) is 6.05. The van der Waals surface area contributed by atoms with Crippen molar-refractivity contribution in [3.63, 3.8) is 0 Å². The largest absolute Gasteiger partial charge is 0.374 e. The van der Waals surface area contributed by atoms with Gasteiger partial charge in [0.2, 0.25) is 0 Å². The van der Waals surface area contributed by atoms with Gasteiger partial charge in [-0.3, -0.25) is 4.90 Å². The molecule has 5 heteroatoms. The van der Waals surface area contributed by atoms with Crippen molar-refractivity contribution in [2.45, 2.75) is 18.9 Å². The molecule has 0 N–H and O–H groups in total. The first kappa shape index (κ1) is 10.4. The fraction of sp³-hybridized carbons (Fsp3) is 0.875. The molecule has 0 aliphatic carbocycles. The maximum absolute atomic E-state index is 12.9. The van der Waals surface area contributed by atoms with Crippen LogP contribution < -0.4 is 0 Å². The average Bonchev–Trinajstić information content (AvgIpc) is 2.25. The molecule has 0 amide bonds. The minimum absolute atomic E-state index is 0.265. The molecule has 0 saturated carbocycles. The molecule has 74 valence electrons. The van der Waals surface area contributed by atoms with E-state index >= 15 is 0 Å². The lowest BCUT2D eigenvalue weighted by Crippen LogP contribution is -2.41. The molecule has 1 aliphatic rings. The Morgan fingerprint density at radius 3 is 2.92 bits per heavy atom. The van der Waals surface area contributed by atoms with Crippen molar-refractivity contribution in [3.8, 4) is 6.07 Å². The maximum Gasteiger partial charge on any atom is 0.283 e. The molecule has 1 fully saturated rings. The highest BCUT2D eigenvalue weighted by molar-refractivity contribution is 4.90. The first-order valence-electron chi connectivity index (χ1n) is 4.14. The van der Waals surface area contributed by atoms with Crippen LogP contribution in [0.2, 0.25) is 0 Å². The predicted molar refractivity (Wildman–Crippen MR) is 42.4 cm³/mol. The number of hydrogen-bond acceptors (Lipinski definition) is 3.